The standard InChI is InChI=1S/C23H23Cl3N4O/c1-27-19-4-2-3-5-20(19)29-23(31)21-13-30(16-9-6-14(24)7-10-16)22(28-21)17-11-8-15(25)12-18(17)26/h6-13,19-20,27H,2-5H2,1H3,(H,29,31). The van der Waals surface area contributed by atoms with E-state index in [2.05, 4.69) is 15.6 Å². The topological polar surface area (TPSA) is 58.9 Å². The first-order chi connectivity index (χ1) is 15.0. The van der Waals surface area contributed by atoms with Crippen LogP contribution >= 0.6 is 34.8 Å². The minimum atomic E-state index is -0.203. The maximum Gasteiger partial charge on any atom is 0.271 e. The molecule has 162 valence electrons. The van der Waals surface area contributed by atoms with Crippen LogP contribution < -0.4 is 10.6 Å². The van der Waals surface area contributed by atoms with Crippen LogP contribution in [0.4, 0.5) is 0 Å². The third-order valence-electron chi connectivity index (χ3n) is 5.67. The first-order valence-electron chi connectivity index (χ1n) is 10.2. The number of hydrogen-bond acceptors (Lipinski definition) is 3. The molecular weight excluding hydrogens is 455 g/mol. The largest absolute Gasteiger partial charge is 0.346 e. The fourth-order valence-corrected chi connectivity index (χ4v) is 4.66. The molecule has 1 aliphatic carbocycles. The van der Waals surface area contributed by atoms with E-state index in [1.54, 1.807) is 36.5 Å². The quantitative estimate of drug-likeness (QED) is 0.491. The van der Waals surface area contributed by atoms with Gasteiger partial charge in [-0.15, -0.1) is 0 Å². The maximum atomic E-state index is 13.1. The van der Waals surface area contributed by atoms with E-state index in [4.69, 9.17) is 34.8 Å². The van der Waals surface area contributed by atoms with Crippen LogP contribution in [0.3, 0.4) is 0 Å². The fourth-order valence-electron chi connectivity index (χ4n) is 4.04. The van der Waals surface area contributed by atoms with E-state index in [1.807, 2.05) is 23.7 Å². The lowest BCUT2D eigenvalue weighted by molar-refractivity contribution is 0.0912. The molecule has 1 fully saturated rings. The Kier molecular flexibility index (Phi) is 6.87. The van der Waals surface area contributed by atoms with Gasteiger partial charge in [0.1, 0.15) is 11.5 Å². The average molecular weight is 478 g/mol. The second-order valence-corrected chi connectivity index (χ2v) is 8.96. The molecule has 1 heterocycles. The Balaban J connectivity index is 1.72. The van der Waals surface area contributed by atoms with Crippen LogP contribution in [0.2, 0.25) is 15.1 Å². The van der Waals surface area contributed by atoms with E-state index in [0.717, 1.165) is 24.9 Å². The number of amides is 1. The van der Waals surface area contributed by atoms with Crippen LogP contribution in [0, 0.1) is 0 Å². The number of likely N-dealkylation sites (N-methyl/N-ethyl adjacent to an activating group) is 1. The Morgan fingerprint density at radius 2 is 1.68 bits per heavy atom. The van der Waals surface area contributed by atoms with Gasteiger partial charge in [0.05, 0.1) is 5.02 Å². The highest BCUT2D eigenvalue weighted by Gasteiger charge is 2.27. The molecule has 1 saturated carbocycles. The van der Waals surface area contributed by atoms with Crippen molar-refractivity contribution in [3.8, 4) is 17.1 Å². The van der Waals surface area contributed by atoms with Crippen LogP contribution in [0.1, 0.15) is 36.2 Å². The SMILES string of the molecule is CNC1CCCCC1NC(=O)c1cn(-c2ccc(Cl)cc2)c(-c2ccc(Cl)cc2Cl)n1. The van der Waals surface area contributed by atoms with E-state index in [0.29, 0.717) is 32.1 Å². The minimum Gasteiger partial charge on any atom is -0.346 e. The molecule has 2 aromatic carbocycles. The average Bonchev–Trinajstić information content (AvgIpc) is 3.20. The molecule has 0 radical (unpaired) electrons. The van der Waals surface area contributed by atoms with Crippen molar-refractivity contribution in [1.29, 1.82) is 0 Å². The smallest absolute Gasteiger partial charge is 0.271 e. The molecule has 8 heteroatoms. The summed E-state index contributed by atoms with van der Waals surface area (Å²) in [5.41, 5.74) is 1.84. The van der Waals surface area contributed by atoms with Crippen LogP contribution in [0.25, 0.3) is 17.1 Å². The molecule has 0 bridgehead atoms. The van der Waals surface area contributed by atoms with E-state index in [-0.39, 0.29) is 18.0 Å². The van der Waals surface area contributed by atoms with Crippen molar-refractivity contribution in [1.82, 2.24) is 20.2 Å². The maximum absolute atomic E-state index is 13.1. The van der Waals surface area contributed by atoms with Gasteiger partial charge in [0.25, 0.3) is 5.91 Å². The summed E-state index contributed by atoms with van der Waals surface area (Å²) in [5, 5.41) is 8.10. The molecular formula is C23H23Cl3N4O. The third-order valence-corrected chi connectivity index (χ3v) is 6.47. The zero-order valence-electron chi connectivity index (χ0n) is 17.0. The van der Waals surface area contributed by atoms with Gasteiger partial charge < -0.3 is 10.6 Å². The summed E-state index contributed by atoms with van der Waals surface area (Å²) in [4.78, 5) is 17.8. The number of carbonyl (C=O) groups excluding carboxylic acids is 1. The van der Waals surface area contributed by atoms with E-state index in [9.17, 15) is 4.79 Å². The summed E-state index contributed by atoms with van der Waals surface area (Å²) >= 11 is 18.6. The highest BCUT2D eigenvalue weighted by Crippen LogP contribution is 2.32. The van der Waals surface area contributed by atoms with Crippen molar-refractivity contribution >= 4 is 40.7 Å². The Hall–Kier alpha value is -2.05. The summed E-state index contributed by atoms with van der Waals surface area (Å²) < 4.78 is 1.84. The number of nitrogens with one attached hydrogen (secondary N) is 2. The predicted molar refractivity (Wildman–Crippen MR) is 127 cm³/mol. The Morgan fingerprint density at radius 1 is 1.00 bits per heavy atom. The normalized spacial score (nSPS) is 18.7. The number of nitrogens with zero attached hydrogens (tertiary/aromatic N) is 2. The number of imidazole rings is 1. The number of hydrogen-bond donors (Lipinski definition) is 2. The van der Waals surface area contributed by atoms with E-state index < -0.39 is 0 Å². The Morgan fingerprint density at radius 3 is 2.35 bits per heavy atom. The predicted octanol–water partition coefficient (Wildman–Crippen LogP) is 5.76. The molecule has 0 aliphatic heterocycles. The molecule has 4 rings (SSSR count). The monoisotopic (exact) mass is 476 g/mol. The molecule has 1 aromatic heterocycles. The summed E-state index contributed by atoms with van der Waals surface area (Å²) in [6.45, 7) is 0. The van der Waals surface area contributed by atoms with Gasteiger partial charge in [-0.3, -0.25) is 9.36 Å². The number of halogens is 3. The lowest BCUT2D eigenvalue weighted by atomic mass is 9.90. The zero-order valence-corrected chi connectivity index (χ0v) is 19.3. The second-order valence-electron chi connectivity index (χ2n) is 7.68. The molecule has 2 atom stereocenters. The molecule has 2 unspecified atom stereocenters. The van der Waals surface area contributed by atoms with Gasteiger partial charge in [0, 0.05) is 39.6 Å². The first-order valence-corrected chi connectivity index (χ1v) is 11.4. The highest BCUT2D eigenvalue weighted by molar-refractivity contribution is 6.36. The summed E-state index contributed by atoms with van der Waals surface area (Å²) in [6.07, 6.45) is 6.00. The van der Waals surface area contributed by atoms with E-state index in [1.165, 1.54) is 6.42 Å². The van der Waals surface area contributed by atoms with Crippen molar-refractivity contribution < 1.29 is 4.79 Å². The molecule has 1 amide bonds. The van der Waals surface area contributed by atoms with Crippen LogP contribution in [-0.4, -0.2) is 34.6 Å². The Bertz CT molecular complexity index is 1080. The molecule has 5 nitrogen and oxygen atoms in total. The molecule has 0 spiro atoms. The van der Waals surface area contributed by atoms with Crippen molar-refractivity contribution in [2.45, 2.75) is 37.8 Å². The van der Waals surface area contributed by atoms with Crippen molar-refractivity contribution in [2.75, 3.05) is 7.05 Å². The fraction of sp³-hybridized carbons (Fsp3) is 0.304. The van der Waals surface area contributed by atoms with Crippen molar-refractivity contribution in [3.05, 3.63) is 69.4 Å². The third kappa shape index (κ3) is 4.90. The summed E-state index contributed by atoms with van der Waals surface area (Å²) in [6, 6.07) is 12.9. The molecule has 1 aliphatic rings. The minimum absolute atomic E-state index is 0.0782. The zero-order chi connectivity index (χ0) is 22.0. The molecule has 0 saturated heterocycles. The second kappa shape index (κ2) is 9.61. The number of carbonyl (C=O) groups is 1. The summed E-state index contributed by atoms with van der Waals surface area (Å²) in [5.74, 6) is 0.356. The Labute approximate surface area is 196 Å². The summed E-state index contributed by atoms with van der Waals surface area (Å²) in [7, 11) is 1.94. The van der Waals surface area contributed by atoms with E-state index >= 15 is 0 Å². The number of benzene rings is 2. The van der Waals surface area contributed by atoms with Gasteiger partial charge in [-0.1, -0.05) is 47.6 Å². The highest BCUT2D eigenvalue weighted by atomic mass is 35.5. The molecule has 31 heavy (non-hydrogen) atoms. The molecule has 2 N–H and O–H groups in total. The number of aromatic nitrogens is 2. The van der Waals surface area contributed by atoms with Gasteiger partial charge in [-0.2, -0.15) is 0 Å². The van der Waals surface area contributed by atoms with Gasteiger partial charge >= 0.3 is 0 Å². The van der Waals surface area contributed by atoms with Crippen molar-refractivity contribution in [2.24, 2.45) is 0 Å². The van der Waals surface area contributed by atoms with Gasteiger partial charge in [-0.25, -0.2) is 4.98 Å². The van der Waals surface area contributed by atoms with Crippen LogP contribution in [0.15, 0.2) is 48.7 Å². The number of rotatable bonds is 5. The van der Waals surface area contributed by atoms with Crippen LogP contribution in [-0.2, 0) is 0 Å². The lowest BCUT2D eigenvalue weighted by Crippen LogP contribution is -2.50. The van der Waals surface area contributed by atoms with Gasteiger partial charge in [-0.05, 0) is 62.4 Å². The first kappa shape index (κ1) is 22.2. The van der Waals surface area contributed by atoms with Gasteiger partial charge in [0.2, 0.25) is 0 Å². The van der Waals surface area contributed by atoms with Crippen molar-refractivity contribution in [3.63, 3.8) is 0 Å². The van der Waals surface area contributed by atoms with Crippen LogP contribution in [0.5, 0.6) is 0 Å². The molecule has 3 aromatic rings. The van der Waals surface area contributed by atoms with Gasteiger partial charge in [0.15, 0.2) is 0 Å². The lowest BCUT2D eigenvalue weighted by Gasteiger charge is -2.31.